The van der Waals surface area contributed by atoms with E-state index in [4.69, 9.17) is 11.6 Å². The van der Waals surface area contributed by atoms with Gasteiger partial charge < -0.3 is 10.2 Å². The predicted octanol–water partition coefficient (Wildman–Crippen LogP) is 4.96. The van der Waals surface area contributed by atoms with Gasteiger partial charge in [-0.05, 0) is 43.5 Å². The topological polar surface area (TPSA) is 49.4 Å². The molecule has 2 aromatic rings. The molecule has 0 saturated carbocycles. The van der Waals surface area contributed by atoms with Crippen molar-refractivity contribution in [1.29, 1.82) is 0 Å². The molecule has 0 aliphatic rings. The summed E-state index contributed by atoms with van der Waals surface area (Å²) in [5, 5.41) is 3.20. The quantitative estimate of drug-likeness (QED) is 0.556. The molecule has 0 fully saturated rings. The lowest BCUT2D eigenvalue weighted by Gasteiger charge is -2.29. The van der Waals surface area contributed by atoms with Crippen molar-refractivity contribution in [2.45, 2.75) is 45.5 Å². The molecule has 0 heterocycles. The maximum atomic E-state index is 14.0. The average molecular weight is 451 g/mol. The maximum absolute atomic E-state index is 14.0. The van der Waals surface area contributed by atoms with Crippen molar-refractivity contribution in [3.8, 4) is 0 Å². The molecule has 2 amide bonds. The second-order valence-corrected chi connectivity index (χ2v) is 8.50. The molecule has 1 N–H and O–H groups in total. The molecule has 2 rings (SSSR count). The third kappa shape index (κ3) is 6.74. The van der Waals surface area contributed by atoms with Gasteiger partial charge in [0.1, 0.15) is 11.9 Å². The van der Waals surface area contributed by atoms with Gasteiger partial charge in [-0.25, -0.2) is 4.39 Å². The van der Waals surface area contributed by atoms with Crippen LogP contribution in [0.1, 0.15) is 37.0 Å². The molecule has 0 aliphatic heterocycles. The van der Waals surface area contributed by atoms with Gasteiger partial charge in [0.15, 0.2) is 0 Å². The third-order valence-electron chi connectivity index (χ3n) is 4.85. The first kappa shape index (κ1) is 24.2. The lowest BCUT2D eigenvalue weighted by atomic mass is 10.1. The van der Waals surface area contributed by atoms with E-state index >= 15 is 0 Å². The number of hydrogen-bond donors (Lipinski definition) is 1. The minimum Gasteiger partial charge on any atom is -0.354 e. The Bertz CT molecular complexity index is 858. The van der Waals surface area contributed by atoms with E-state index in [1.807, 2.05) is 38.1 Å². The van der Waals surface area contributed by atoms with Crippen LogP contribution < -0.4 is 5.32 Å². The molecule has 162 valence electrons. The van der Waals surface area contributed by atoms with Crippen molar-refractivity contribution in [2.24, 2.45) is 0 Å². The van der Waals surface area contributed by atoms with Gasteiger partial charge in [0.05, 0.1) is 5.75 Å². The van der Waals surface area contributed by atoms with Crippen molar-refractivity contribution < 1.29 is 14.0 Å². The summed E-state index contributed by atoms with van der Waals surface area (Å²) in [4.78, 5) is 27.2. The second-order valence-electron chi connectivity index (χ2n) is 7.11. The largest absolute Gasteiger partial charge is 0.354 e. The Morgan fingerprint density at radius 3 is 2.60 bits per heavy atom. The summed E-state index contributed by atoms with van der Waals surface area (Å²) in [5.41, 5.74) is 2.43. The van der Waals surface area contributed by atoms with Gasteiger partial charge in [-0.2, -0.15) is 0 Å². The molecule has 7 heteroatoms. The standard InChI is InChI=1S/C23H28ClFN2O2S/c1-4-12-26-23(29)17(3)27(13-18-9-6-5-8-16(18)2)22(28)15-30-14-19-20(24)10-7-11-21(19)25/h5-11,17H,4,12-15H2,1-3H3,(H,26,29)/t17-/m1/s1. The Balaban J connectivity index is 2.11. The van der Waals surface area contributed by atoms with Crippen LogP contribution in [0.25, 0.3) is 0 Å². The smallest absolute Gasteiger partial charge is 0.242 e. The summed E-state index contributed by atoms with van der Waals surface area (Å²) < 4.78 is 14.0. The highest BCUT2D eigenvalue weighted by Crippen LogP contribution is 2.24. The van der Waals surface area contributed by atoms with Crippen LogP contribution in [0.15, 0.2) is 42.5 Å². The Morgan fingerprint density at radius 1 is 1.20 bits per heavy atom. The highest BCUT2D eigenvalue weighted by Gasteiger charge is 2.26. The summed E-state index contributed by atoms with van der Waals surface area (Å²) in [5.74, 6) is -0.323. The summed E-state index contributed by atoms with van der Waals surface area (Å²) in [6, 6.07) is 11.7. The van der Waals surface area contributed by atoms with E-state index in [-0.39, 0.29) is 29.1 Å². The molecule has 30 heavy (non-hydrogen) atoms. The predicted molar refractivity (Wildman–Crippen MR) is 122 cm³/mol. The number of carbonyl (C=O) groups excluding carboxylic acids is 2. The summed E-state index contributed by atoms with van der Waals surface area (Å²) in [6.07, 6.45) is 0.823. The normalized spacial score (nSPS) is 11.8. The number of carbonyl (C=O) groups is 2. The van der Waals surface area contributed by atoms with Gasteiger partial charge in [-0.3, -0.25) is 9.59 Å². The molecule has 0 bridgehead atoms. The van der Waals surface area contributed by atoms with Gasteiger partial charge in [-0.15, -0.1) is 11.8 Å². The summed E-state index contributed by atoms with van der Waals surface area (Å²) in [7, 11) is 0. The molecular weight excluding hydrogens is 423 g/mol. The van der Waals surface area contributed by atoms with Gasteiger partial charge in [0.2, 0.25) is 11.8 Å². The van der Waals surface area contributed by atoms with E-state index in [2.05, 4.69) is 5.32 Å². The van der Waals surface area contributed by atoms with Gasteiger partial charge >= 0.3 is 0 Å². The molecule has 4 nitrogen and oxygen atoms in total. The Labute approximate surface area is 187 Å². The molecule has 2 aromatic carbocycles. The van der Waals surface area contributed by atoms with E-state index in [0.717, 1.165) is 17.5 Å². The van der Waals surface area contributed by atoms with Gasteiger partial charge in [0, 0.05) is 29.4 Å². The number of thioether (sulfide) groups is 1. The van der Waals surface area contributed by atoms with Crippen LogP contribution in [0.3, 0.4) is 0 Å². The first-order chi connectivity index (χ1) is 14.3. The molecular formula is C23H28ClFN2O2S. The van der Waals surface area contributed by atoms with E-state index in [1.54, 1.807) is 24.0 Å². The average Bonchev–Trinajstić information content (AvgIpc) is 2.72. The second kappa shape index (κ2) is 12.0. The fourth-order valence-corrected chi connectivity index (χ4v) is 4.19. The molecule has 0 saturated heterocycles. The van der Waals surface area contributed by atoms with Crippen molar-refractivity contribution in [3.05, 3.63) is 70.0 Å². The first-order valence-corrected chi connectivity index (χ1v) is 11.5. The highest BCUT2D eigenvalue weighted by atomic mass is 35.5. The Morgan fingerprint density at radius 2 is 1.93 bits per heavy atom. The lowest BCUT2D eigenvalue weighted by Crippen LogP contribution is -2.48. The Kier molecular flexibility index (Phi) is 9.66. The van der Waals surface area contributed by atoms with Crippen LogP contribution in [0.2, 0.25) is 5.02 Å². The molecule has 0 radical (unpaired) electrons. The van der Waals surface area contributed by atoms with Crippen LogP contribution in [0.4, 0.5) is 4.39 Å². The Hall–Kier alpha value is -2.05. The number of hydrogen-bond acceptors (Lipinski definition) is 3. The zero-order valence-corrected chi connectivity index (χ0v) is 19.2. The number of nitrogens with zero attached hydrogens (tertiary/aromatic N) is 1. The van der Waals surface area contributed by atoms with Crippen LogP contribution in [0, 0.1) is 12.7 Å². The minimum atomic E-state index is -0.610. The summed E-state index contributed by atoms with van der Waals surface area (Å²) in [6.45, 7) is 6.60. The zero-order valence-electron chi connectivity index (χ0n) is 17.6. The maximum Gasteiger partial charge on any atom is 0.242 e. The van der Waals surface area contributed by atoms with Crippen LogP contribution in [-0.2, 0) is 21.9 Å². The van der Waals surface area contributed by atoms with E-state index in [1.165, 1.54) is 17.8 Å². The van der Waals surface area contributed by atoms with E-state index < -0.39 is 6.04 Å². The number of halogens is 2. The molecule has 0 unspecified atom stereocenters. The molecule has 1 atom stereocenters. The molecule has 0 aliphatic carbocycles. The van der Waals surface area contributed by atoms with Crippen molar-refractivity contribution in [1.82, 2.24) is 10.2 Å². The minimum absolute atomic E-state index is 0.127. The van der Waals surface area contributed by atoms with Crippen molar-refractivity contribution in [3.63, 3.8) is 0 Å². The number of benzene rings is 2. The highest BCUT2D eigenvalue weighted by molar-refractivity contribution is 7.99. The van der Waals surface area contributed by atoms with E-state index in [0.29, 0.717) is 23.7 Å². The zero-order chi connectivity index (χ0) is 22.1. The van der Waals surface area contributed by atoms with Crippen LogP contribution >= 0.6 is 23.4 Å². The first-order valence-electron chi connectivity index (χ1n) is 9.97. The summed E-state index contributed by atoms with van der Waals surface area (Å²) >= 11 is 7.36. The van der Waals surface area contributed by atoms with E-state index in [9.17, 15) is 14.0 Å². The van der Waals surface area contributed by atoms with Gasteiger partial charge in [-0.1, -0.05) is 48.9 Å². The lowest BCUT2D eigenvalue weighted by molar-refractivity contribution is -0.138. The molecule has 0 spiro atoms. The van der Waals surface area contributed by atoms with Crippen LogP contribution in [-0.4, -0.2) is 35.1 Å². The van der Waals surface area contributed by atoms with Crippen LogP contribution in [0.5, 0.6) is 0 Å². The number of rotatable bonds is 10. The van der Waals surface area contributed by atoms with Gasteiger partial charge in [0.25, 0.3) is 0 Å². The fraction of sp³-hybridized carbons (Fsp3) is 0.391. The third-order valence-corrected chi connectivity index (χ3v) is 6.15. The molecule has 0 aromatic heterocycles. The number of amides is 2. The van der Waals surface area contributed by atoms with Crippen molar-refractivity contribution in [2.75, 3.05) is 12.3 Å². The number of nitrogens with one attached hydrogen (secondary N) is 1. The fourth-order valence-electron chi connectivity index (χ4n) is 2.94. The van der Waals surface area contributed by atoms with Crippen molar-refractivity contribution >= 4 is 35.2 Å². The number of aryl methyl sites for hydroxylation is 1. The SMILES string of the molecule is CCCNC(=O)[C@@H](C)N(Cc1ccccc1C)C(=O)CSCc1c(F)cccc1Cl. The monoisotopic (exact) mass is 450 g/mol.